The van der Waals surface area contributed by atoms with Gasteiger partial charge in [0.1, 0.15) is 0 Å². The predicted octanol–water partition coefficient (Wildman–Crippen LogP) is 5.83. The van der Waals surface area contributed by atoms with Gasteiger partial charge in [0, 0.05) is 21.6 Å². The van der Waals surface area contributed by atoms with Crippen molar-refractivity contribution in [2.75, 3.05) is 18.4 Å². The van der Waals surface area contributed by atoms with Crippen molar-refractivity contribution < 1.29 is 0 Å². The van der Waals surface area contributed by atoms with E-state index in [9.17, 15) is 0 Å². The van der Waals surface area contributed by atoms with E-state index in [1.807, 2.05) is 6.20 Å². The Morgan fingerprint density at radius 3 is 2.50 bits per heavy atom. The minimum absolute atomic E-state index is 0.884. The molecule has 2 heterocycles. The first kappa shape index (κ1) is 21.2. The molecule has 2 nitrogen and oxygen atoms in total. The lowest BCUT2D eigenvalue weighted by Crippen LogP contribution is -2.24. The van der Waals surface area contributed by atoms with Crippen molar-refractivity contribution in [1.82, 2.24) is 10.3 Å². The lowest BCUT2D eigenvalue weighted by atomic mass is 9.89. The zero-order valence-electron chi connectivity index (χ0n) is 15.5. The first-order chi connectivity index (χ1) is 12.6. The summed E-state index contributed by atoms with van der Waals surface area (Å²) in [5.74, 6) is 0. The summed E-state index contributed by atoms with van der Waals surface area (Å²) in [5, 5.41) is 4.36. The van der Waals surface area contributed by atoms with Crippen molar-refractivity contribution in [1.29, 1.82) is 0 Å². The maximum absolute atomic E-state index is 4.85. The molecule has 0 saturated carbocycles. The van der Waals surface area contributed by atoms with Crippen molar-refractivity contribution >= 4 is 37.4 Å². The van der Waals surface area contributed by atoms with Crippen LogP contribution in [-0.2, 0) is 6.42 Å². The summed E-state index contributed by atoms with van der Waals surface area (Å²) >= 11 is 7.37. The summed E-state index contributed by atoms with van der Waals surface area (Å²) in [7, 11) is 0. The van der Waals surface area contributed by atoms with Crippen LogP contribution in [0.5, 0.6) is 0 Å². The number of halogens is 2. The maximum Gasteiger partial charge on any atom is 0.0737 e. The Balaban J connectivity index is 0.00000117. The molecule has 1 aromatic heterocycles. The zero-order valence-corrected chi connectivity index (χ0v) is 18.7. The van der Waals surface area contributed by atoms with Gasteiger partial charge in [0.15, 0.2) is 0 Å². The number of pyridine rings is 1. The van der Waals surface area contributed by atoms with E-state index in [0.29, 0.717) is 0 Å². The number of hydrogen-bond acceptors (Lipinski definition) is 2. The quantitative estimate of drug-likeness (QED) is 0.427. The fraction of sp³-hybridized carbons (Fsp3) is 0.409. The van der Waals surface area contributed by atoms with Gasteiger partial charge < -0.3 is 5.32 Å². The number of nitrogens with one attached hydrogen (secondary N) is 1. The summed E-state index contributed by atoms with van der Waals surface area (Å²) in [6.45, 7) is 6.50. The average molecular weight is 478 g/mol. The van der Waals surface area contributed by atoms with Crippen LogP contribution in [0, 0.1) is 12.8 Å². The van der Waals surface area contributed by atoms with E-state index >= 15 is 0 Å². The Bertz CT molecular complexity index is 758. The van der Waals surface area contributed by atoms with Crippen LogP contribution in [0.2, 0.25) is 0 Å². The number of allylic oxidation sites excluding steroid dienone is 5. The first-order valence-electron chi connectivity index (χ1n) is 8.94. The monoisotopic (exact) mass is 476 g/mol. The fourth-order valence-corrected chi connectivity index (χ4v) is 4.66. The Kier molecular flexibility index (Phi) is 8.34. The third kappa shape index (κ3) is 4.97. The van der Waals surface area contributed by atoms with E-state index in [1.165, 1.54) is 33.5 Å². The lowest BCUT2D eigenvalue weighted by molar-refractivity contribution is 0.611. The van der Waals surface area contributed by atoms with Gasteiger partial charge >= 0.3 is 0 Å². The highest BCUT2D eigenvalue weighted by Crippen LogP contribution is 2.39. The lowest BCUT2D eigenvalue weighted by Gasteiger charge is -2.22. The molecule has 1 aromatic rings. The van der Waals surface area contributed by atoms with Gasteiger partial charge in [-0.05, 0) is 91.3 Å². The molecule has 3 rings (SSSR count). The molecule has 0 radical (unpaired) electrons. The molecular formula is C22H26Br2N2. The Morgan fingerprint density at radius 1 is 1.19 bits per heavy atom. The number of aryl methyl sites for hydroxylation is 1. The van der Waals surface area contributed by atoms with E-state index < -0.39 is 0 Å². The molecule has 2 aliphatic rings. The molecule has 1 saturated heterocycles. The van der Waals surface area contributed by atoms with Crippen LogP contribution in [0.3, 0.4) is 0 Å². The molecular weight excluding hydrogens is 452 g/mol. The highest BCUT2D eigenvalue weighted by atomic mass is 79.9. The molecule has 1 aliphatic heterocycles. The second-order valence-electron chi connectivity index (χ2n) is 6.75. The van der Waals surface area contributed by atoms with Gasteiger partial charge in [-0.25, -0.2) is 0 Å². The minimum Gasteiger partial charge on any atom is -0.316 e. The molecule has 0 amide bonds. The smallest absolute Gasteiger partial charge is 0.0737 e. The van der Waals surface area contributed by atoms with Gasteiger partial charge in [-0.1, -0.05) is 33.2 Å². The van der Waals surface area contributed by atoms with Crippen molar-refractivity contribution in [3.8, 4) is 12.8 Å². The normalized spacial score (nSPS) is 17.0. The van der Waals surface area contributed by atoms with Crippen LogP contribution in [0.1, 0.15) is 44.4 Å². The molecule has 0 atom stereocenters. The van der Waals surface area contributed by atoms with E-state index in [-0.39, 0.29) is 0 Å². The summed E-state index contributed by atoms with van der Waals surface area (Å²) in [5.41, 5.74) is 9.77. The van der Waals surface area contributed by atoms with Gasteiger partial charge in [0.2, 0.25) is 0 Å². The summed E-state index contributed by atoms with van der Waals surface area (Å²) in [6.07, 6.45) is 16.7. The second-order valence-corrected chi connectivity index (χ2v) is 8.23. The molecule has 0 bridgehead atoms. The van der Waals surface area contributed by atoms with Crippen LogP contribution in [0.25, 0.3) is 5.57 Å². The number of alkyl halides is 1. The van der Waals surface area contributed by atoms with Crippen LogP contribution >= 0.6 is 31.9 Å². The number of terminal acetylenes is 1. The number of rotatable bonds is 2. The molecule has 1 aliphatic carbocycles. The fourth-order valence-electron chi connectivity index (χ4n) is 3.64. The molecule has 26 heavy (non-hydrogen) atoms. The van der Waals surface area contributed by atoms with Gasteiger partial charge in [-0.2, -0.15) is 0 Å². The highest BCUT2D eigenvalue weighted by Gasteiger charge is 2.24. The van der Waals surface area contributed by atoms with Crippen LogP contribution in [0.15, 0.2) is 45.1 Å². The van der Waals surface area contributed by atoms with Crippen molar-refractivity contribution in [3.63, 3.8) is 0 Å². The van der Waals surface area contributed by atoms with Crippen LogP contribution in [-0.4, -0.2) is 23.4 Å². The highest BCUT2D eigenvalue weighted by molar-refractivity contribution is 9.10. The summed E-state index contributed by atoms with van der Waals surface area (Å²) in [4.78, 5) is 4.85. The Labute approximate surface area is 174 Å². The van der Waals surface area contributed by atoms with E-state index in [1.54, 1.807) is 5.57 Å². The first-order valence-corrected chi connectivity index (χ1v) is 10.9. The molecule has 0 spiro atoms. The van der Waals surface area contributed by atoms with E-state index in [2.05, 4.69) is 76.0 Å². The summed E-state index contributed by atoms with van der Waals surface area (Å²) in [6, 6.07) is 2.25. The van der Waals surface area contributed by atoms with Gasteiger partial charge in [0.05, 0.1) is 5.69 Å². The molecule has 1 N–H and O–H groups in total. The van der Waals surface area contributed by atoms with Gasteiger partial charge in [-0.15, -0.1) is 12.8 Å². The van der Waals surface area contributed by atoms with Crippen molar-refractivity contribution in [2.45, 2.75) is 39.5 Å². The zero-order chi connectivity index (χ0) is 19.1. The van der Waals surface area contributed by atoms with Crippen molar-refractivity contribution in [2.24, 2.45) is 0 Å². The minimum atomic E-state index is 0.884. The van der Waals surface area contributed by atoms with Crippen molar-refractivity contribution in [3.05, 3.63) is 56.4 Å². The SMILES string of the molecule is C#C.CC(C)=CC1=C(CBr)C(=C2CCNCC2)c2ncc(Br)cc2CC1. The largest absolute Gasteiger partial charge is 0.316 e. The number of nitrogens with zero attached hydrogens (tertiary/aromatic N) is 1. The molecule has 0 unspecified atom stereocenters. The molecule has 0 aromatic carbocycles. The number of fused-ring (bicyclic) bond motifs is 1. The molecule has 138 valence electrons. The number of hydrogen-bond donors (Lipinski definition) is 1. The van der Waals surface area contributed by atoms with E-state index in [0.717, 1.165) is 48.6 Å². The third-order valence-corrected chi connectivity index (χ3v) is 5.67. The second kappa shape index (κ2) is 10.3. The van der Waals surface area contributed by atoms with Crippen LogP contribution in [0.4, 0.5) is 0 Å². The average Bonchev–Trinajstić information content (AvgIpc) is 2.80. The van der Waals surface area contributed by atoms with E-state index in [4.69, 9.17) is 4.98 Å². The maximum atomic E-state index is 4.85. The predicted molar refractivity (Wildman–Crippen MR) is 119 cm³/mol. The topological polar surface area (TPSA) is 24.9 Å². The Morgan fingerprint density at radius 2 is 1.88 bits per heavy atom. The molecule has 4 heteroatoms. The molecule has 1 fully saturated rings. The number of piperidine rings is 1. The third-order valence-electron chi connectivity index (χ3n) is 4.68. The van der Waals surface area contributed by atoms with Crippen LogP contribution < -0.4 is 5.32 Å². The summed E-state index contributed by atoms with van der Waals surface area (Å²) < 4.78 is 1.07. The Hall–Kier alpha value is -1.15. The van der Waals surface area contributed by atoms with Gasteiger partial charge in [0.25, 0.3) is 0 Å². The van der Waals surface area contributed by atoms with Gasteiger partial charge in [-0.3, -0.25) is 4.98 Å². The standard InChI is InChI=1S/C20H24Br2N2.C2H2/c1-13(2)9-15-3-4-16-10-17(22)12-24-20(16)19(18(15)11-21)14-5-7-23-8-6-14;1-2/h9-10,12,23H,3-8,11H2,1-2H3;1-2H. The number of aromatic nitrogens is 1.